The molecule has 1 aliphatic heterocycles. The summed E-state index contributed by atoms with van der Waals surface area (Å²) in [5.41, 5.74) is 0.741. The van der Waals surface area contributed by atoms with Crippen molar-refractivity contribution in [2.24, 2.45) is 0 Å². The van der Waals surface area contributed by atoms with Gasteiger partial charge in [0.2, 0.25) is 16.4 Å². The topological polar surface area (TPSA) is 90.4 Å². The number of hydrogen-bond acceptors (Lipinski definition) is 6. The van der Waals surface area contributed by atoms with Crippen LogP contribution in [-0.4, -0.2) is 90.1 Å². The molecule has 1 aliphatic rings. The first-order chi connectivity index (χ1) is 17.3. The average molecular weight is 597 g/mol. The highest BCUT2D eigenvalue weighted by molar-refractivity contribution is 7.90. The number of aliphatic hydroxyl groups is 1. The molecule has 1 heterocycles. The second-order valence-electron chi connectivity index (χ2n) is 9.16. The number of ether oxygens (including phenoxy) is 1. The van der Waals surface area contributed by atoms with Crippen LogP contribution in [0.5, 0.6) is 0 Å². The second-order valence-corrected chi connectivity index (χ2v) is 12.6. The average Bonchev–Trinajstić information content (AvgIpc) is 2.83. The van der Waals surface area contributed by atoms with Gasteiger partial charge in [-0.2, -0.15) is 4.31 Å². The number of hydrogen-bond donors (Lipinski definition) is 1. The minimum Gasteiger partial charge on any atom is -0.376 e. The third kappa shape index (κ3) is 7.28. The van der Waals surface area contributed by atoms with Crippen LogP contribution in [0.15, 0.2) is 42.0 Å². The van der Waals surface area contributed by atoms with Crippen molar-refractivity contribution < 1.29 is 23.1 Å². The van der Waals surface area contributed by atoms with Crippen molar-refractivity contribution in [1.82, 2.24) is 14.1 Å². The van der Waals surface area contributed by atoms with E-state index in [0.717, 1.165) is 5.56 Å². The van der Waals surface area contributed by atoms with Gasteiger partial charge in [0.25, 0.3) is 0 Å². The van der Waals surface area contributed by atoms with Gasteiger partial charge >= 0.3 is 0 Å². The molecule has 1 fully saturated rings. The smallest absolute Gasteiger partial charge is 0.225 e. The van der Waals surface area contributed by atoms with E-state index in [1.165, 1.54) is 28.5 Å². The number of benzene rings is 1. The molecule has 12 heteroatoms. The fourth-order valence-electron chi connectivity index (χ4n) is 4.67. The van der Waals surface area contributed by atoms with E-state index in [0.29, 0.717) is 16.5 Å². The van der Waals surface area contributed by atoms with E-state index in [9.17, 15) is 18.3 Å². The molecule has 0 spiro atoms. The van der Waals surface area contributed by atoms with E-state index in [4.69, 9.17) is 39.5 Å². The van der Waals surface area contributed by atoms with Crippen molar-refractivity contribution in [2.45, 2.75) is 69.9 Å². The van der Waals surface area contributed by atoms with E-state index in [-0.39, 0.29) is 30.6 Å². The van der Waals surface area contributed by atoms with Gasteiger partial charge in [0.1, 0.15) is 17.6 Å². The van der Waals surface area contributed by atoms with Crippen molar-refractivity contribution in [2.75, 3.05) is 20.2 Å². The number of allylic oxidation sites excluding steroid dienone is 1. The molecule has 1 aromatic carbocycles. The second kappa shape index (κ2) is 13.8. The molecule has 5 atom stereocenters. The molecule has 0 bridgehead atoms. The van der Waals surface area contributed by atoms with Crippen molar-refractivity contribution in [3.8, 4) is 0 Å². The van der Waals surface area contributed by atoms with Gasteiger partial charge in [0, 0.05) is 31.3 Å². The van der Waals surface area contributed by atoms with E-state index >= 15 is 0 Å². The highest BCUT2D eigenvalue weighted by Crippen LogP contribution is 2.31. The van der Waals surface area contributed by atoms with Gasteiger partial charge in [-0.25, -0.2) is 8.42 Å². The Morgan fingerprint density at radius 2 is 1.97 bits per heavy atom. The molecular weight excluding hydrogens is 561 g/mol. The Balaban J connectivity index is 2.61. The third-order valence-electron chi connectivity index (χ3n) is 6.54. The molecule has 8 nitrogen and oxygen atoms in total. The first-order valence-electron chi connectivity index (χ1n) is 11.9. The standard InChI is InChI=1S/C25H36Cl3N3O5S/c1-7-22(36-6)23(11-17(5)26)37(34,35)31(8-2)24-14-29(16(3)4)25(33)21(30(24)15-32)13-18-9-10-19(27)20(28)12-18/h7,9-12,15-16,21-25,33H,1,8,13-14H2,2-6H3/b17-11+. The molecular formula is C25H36Cl3N3O5S. The zero-order valence-corrected chi connectivity index (χ0v) is 24.8. The Kier molecular flexibility index (Phi) is 11.9. The van der Waals surface area contributed by atoms with Crippen LogP contribution in [0.1, 0.15) is 33.3 Å². The molecule has 0 aromatic heterocycles. The summed E-state index contributed by atoms with van der Waals surface area (Å²) in [6.45, 7) is 11.0. The number of likely N-dealkylation sites (N-methyl/N-ethyl adjacent to an activating group) is 1. The van der Waals surface area contributed by atoms with Gasteiger partial charge in [-0.3, -0.25) is 9.69 Å². The Morgan fingerprint density at radius 1 is 1.32 bits per heavy atom. The van der Waals surface area contributed by atoms with E-state index < -0.39 is 39.8 Å². The molecule has 1 aromatic rings. The maximum Gasteiger partial charge on any atom is 0.225 e. The fraction of sp³-hybridized carbons (Fsp3) is 0.560. The quantitative estimate of drug-likeness (QED) is 0.289. The van der Waals surface area contributed by atoms with Crippen LogP contribution in [0.2, 0.25) is 10.0 Å². The predicted octanol–water partition coefficient (Wildman–Crippen LogP) is 4.10. The van der Waals surface area contributed by atoms with Crippen LogP contribution in [0.4, 0.5) is 0 Å². The molecule has 0 radical (unpaired) electrons. The highest BCUT2D eigenvalue weighted by Gasteiger charge is 2.48. The van der Waals surface area contributed by atoms with E-state index in [1.54, 1.807) is 36.9 Å². The van der Waals surface area contributed by atoms with Gasteiger partial charge in [0.15, 0.2) is 0 Å². The maximum atomic E-state index is 14.1. The lowest BCUT2D eigenvalue weighted by atomic mass is 9.98. The molecule has 2 rings (SSSR count). The SMILES string of the molecule is C=CC(OC)C(/C=C(\C)Cl)S(=O)(=O)N(CC)C1CN(C(C)C)C(O)C(Cc2ccc(Cl)c(Cl)c2)N1C=O. The Morgan fingerprint density at radius 3 is 2.43 bits per heavy atom. The van der Waals surface area contributed by atoms with Crippen molar-refractivity contribution in [1.29, 1.82) is 0 Å². The molecule has 1 saturated heterocycles. The summed E-state index contributed by atoms with van der Waals surface area (Å²) in [6.07, 6.45) is 0.808. The van der Waals surface area contributed by atoms with Crippen molar-refractivity contribution >= 4 is 51.2 Å². The van der Waals surface area contributed by atoms with Crippen LogP contribution < -0.4 is 0 Å². The number of sulfonamides is 1. The van der Waals surface area contributed by atoms with Gasteiger partial charge in [-0.05, 0) is 51.0 Å². The number of piperazine rings is 1. The first-order valence-corrected chi connectivity index (χ1v) is 14.6. The van der Waals surface area contributed by atoms with Gasteiger partial charge < -0.3 is 14.7 Å². The number of amides is 1. The van der Waals surface area contributed by atoms with Gasteiger partial charge in [-0.1, -0.05) is 53.9 Å². The molecule has 1 amide bonds. The summed E-state index contributed by atoms with van der Waals surface area (Å²) >= 11 is 18.4. The number of rotatable bonds is 12. The molecule has 0 saturated carbocycles. The number of aliphatic hydroxyl groups excluding tert-OH is 1. The zero-order chi connectivity index (χ0) is 28.1. The fourth-order valence-corrected chi connectivity index (χ4v) is 7.32. The molecule has 37 heavy (non-hydrogen) atoms. The lowest BCUT2D eigenvalue weighted by Crippen LogP contribution is -2.70. The molecule has 1 N–H and O–H groups in total. The predicted molar refractivity (Wildman–Crippen MR) is 149 cm³/mol. The summed E-state index contributed by atoms with van der Waals surface area (Å²) in [7, 11) is -2.73. The van der Waals surface area contributed by atoms with Crippen molar-refractivity contribution in [3.63, 3.8) is 0 Å². The highest BCUT2D eigenvalue weighted by atomic mass is 35.5. The van der Waals surface area contributed by atoms with Crippen molar-refractivity contribution in [3.05, 3.63) is 57.6 Å². The summed E-state index contributed by atoms with van der Waals surface area (Å²) in [5.74, 6) is 0. The summed E-state index contributed by atoms with van der Waals surface area (Å²) < 4.78 is 34.8. The maximum absolute atomic E-state index is 14.1. The lowest BCUT2D eigenvalue weighted by Gasteiger charge is -2.52. The van der Waals surface area contributed by atoms with Gasteiger partial charge in [0.05, 0.1) is 22.2 Å². The molecule has 208 valence electrons. The molecule has 5 unspecified atom stereocenters. The summed E-state index contributed by atoms with van der Waals surface area (Å²) in [4.78, 5) is 15.7. The number of carbonyl (C=O) groups is 1. The Bertz CT molecular complexity index is 1080. The van der Waals surface area contributed by atoms with Crippen LogP contribution in [0.3, 0.4) is 0 Å². The van der Waals surface area contributed by atoms with E-state index in [1.807, 2.05) is 13.8 Å². The molecule has 0 aliphatic carbocycles. The summed E-state index contributed by atoms with van der Waals surface area (Å²) in [5, 5.41) is 11.1. The third-order valence-corrected chi connectivity index (χ3v) is 9.65. The minimum absolute atomic E-state index is 0.0676. The first kappa shape index (κ1) is 32.0. The van der Waals surface area contributed by atoms with Crippen LogP contribution in [-0.2, 0) is 26.0 Å². The summed E-state index contributed by atoms with van der Waals surface area (Å²) in [6, 6.07) is 4.19. The lowest BCUT2D eigenvalue weighted by molar-refractivity contribution is -0.162. The zero-order valence-electron chi connectivity index (χ0n) is 21.7. The normalized spacial score (nSPS) is 23.4. The number of nitrogens with zero attached hydrogens (tertiary/aromatic N) is 3. The van der Waals surface area contributed by atoms with Crippen LogP contribution >= 0.6 is 34.8 Å². The van der Waals surface area contributed by atoms with Gasteiger partial charge in [-0.15, -0.1) is 6.58 Å². The largest absolute Gasteiger partial charge is 0.376 e. The number of halogens is 3. The minimum atomic E-state index is -4.12. The Labute approximate surface area is 235 Å². The monoisotopic (exact) mass is 595 g/mol. The van der Waals surface area contributed by atoms with Crippen LogP contribution in [0, 0.1) is 0 Å². The Hall–Kier alpha value is -1.17. The van der Waals surface area contributed by atoms with Crippen LogP contribution in [0.25, 0.3) is 0 Å². The number of methoxy groups -OCH3 is 1. The van der Waals surface area contributed by atoms with E-state index in [2.05, 4.69) is 6.58 Å². The number of carbonyl (C=O) groups excluding carboxylic acids is 1.